The van der Waals surface area contributed by atoms with Crippen molar-refractivity contribution in [2.24, 2.45) is 0 Å². The Morgan fingerprint density at radius 2 is 2.39 bits per heavy atom. The fourth-order valence-electron chi connectivity index (χ4n) is 1.47. The average Bonchev–Trinajstić information content (AvgIpc) is 2.88. The summed E-state index contributed by atoms with van der Waals surface area (Å²) in [5.41, 5.74) is 1.48. The third kappa shape index (κ3) is 2.97. The number of hydrogen-bond donors (Lipinski definition) is 2. The van der Waals surface area contributed by atoms with Gasteiger partial charge in [-0.25, -0.2) is 15.0 Å². The van der Waals surface area contributed by atoms with Crippen LogP contribution in [0.15, 0.2) is 17.7 Å². The number of fused-ring (bicyclic) bond motifs is 1. The van der Waals surface area contributed by atoms with Crippen molar-refractivity contribution in [1.29, 1.82) is 5.26 Å². The molecular formula is C11H14N6S. The number of H-pyrrole nitrogens is 1. The first kappa shape index (κ1) is 12.8. The zero-order valence-electron chi connectivity index (χ0n) is 10.1. The van der Waals surface area contributed by atoms with E-state index in [0.717, 1.165) is 23.5 Å². The third-order valence-corrected chi connectivity index (χ3v) is 3.45. The lowest BCUT2D eigenvalue weighted by Crippen LogP contribution is -2.30. The molecule has 0 aliphatic heterocycles. The molecular weight excluding hydrogens is 248 g/mol. The van der Waals surface area contributed by atoms with Crippen molar-refractivity contribution >= 4 is 22.9 Å². The number of thioether (sulfide) groups is 1. The van der Waals surface area contributed by atoms with Crippen molar-refractivity contribution in [1.82, 2.24) is 25.3 Å². The highest BCUT2D eigenvalue weighted by Crippen LogP contribution is 2.22. The Kier molecular flexibility index (Phi) is 4.50. The van der Waals surface area contributed by atoms with Crippen molar-refractivity contribution < 1.29 is 0 Å². The van der Waals surface area contributed by atoms with Gasteiger partial charge in [-0.2, -0.15) is 5.26 Å². The standard InChI is InChI=1S/C11H14N6S/c1-2-3-13-8(4-12)5-18-11-9-10(15-6-14-9)16-7-17-11/h6-8,13H,2-3,5H2,1H3,(H,14,15,16,17). The first-order valence-corrected chi connectivity index (χ1v) is 6.73. The molecule has 7 heteroatoms. The third-order valence-electron chi connectivity index (χ3n) is 2.37. The van der Waals surface area contributed by atoms with E-state index in [9.17, 15) is 0 Å². The Bertz CT molecular complexity index is 546. The van der Waals surface area contributed by atoms with Gasteiger partial charge in [0.2, 0.25) is 0 Å². The maximum atomic E-state index is 9.03. The Hall–Kier alpha value is -1.65. The largest absolute Gasteiger partial charge is 0.341 e. The van der Waals surface area contributed by atoms with Crippen LogP contribution in [0.3, 0.4) is 0 Å². The predicted molar refractivity (Wildman–Crippen MR) is 70.1 cm³/mol. The van der Waals surface area contributed by atoms with Crippen LogP contribution in [0, 0.1) is 11.3 Å². The molecule has 2 aromatic rings. The highest BCUT2D eigenvalue weighted by Gasteiger charge is 2.10. The van der Waals surface area contributed by atoms with Gasteiger partial charge in [0.15, 0.2) is 5.65 Å². The van der Waals surface area contributed by atoms with Crippen LogP contribution >= 0.6 is 11.8 Å². The average molecular weight is 262 g/mol. The van der Waals surface area contributed by atoms with Gasteiger partial charge in [-0.1, -0.05) is 6.92 Å². The van der Waals surface area contributed by atoms with E-state index in [1.54, 1.807) is 6.33 Å². The molecule has 0 aromatic carbocycles. The topological polar surface area (TPSA) is 90.3 Å². The van der Waals surface area contributed by atoms with E-state index in [4.69, 9.17) is 5.26 Å². The normalized spacial score (nSPS) is 12.4. The number of nitriles is 1. The Balaban J connectivity index is 2.01. The summed E-state index contributed by atoms with van der Waals surface area (Å²) in [5, 5.41) is 13.0. The quantitative estimate of drug-likeness (QED) is 0.603. The lowest BCUT2D eigenvalue weighted by molar-refractivity contribution is 0.637. The Morgan fingerprint density at radius 3 is 3.17 bits per heavy atom. The van der Waals surface area contributed by atoms with E-state index in [2.05, 4.69) is 38.2 Å². The summed E-state index contributed by atoms with van der Waals surface area (Å²) < 4.78 is 0. The fraction of sp³-hybridized carbons (Fsp3) is 0.455. The maximum absolute atomic E-state index is 9.03. The van der Waals surface area contributed by atoms with Crippen LogP contribution in [0.25, 0.3) is 11.2 Å². The number of rotatable bonds is 6. The first-order chi connectivity index (χ1) is 8.85. The second-order valence-corrected chi connectivity index (χ2v) is 4.74. The lowest BCUT2D eigenvalue weighted by Gasteiger charge is -2.09. The van der Waals surface area contributed by atoms with Crippen molar-refractivity contribution in [2.45, 2.75) is 24.4 Å². The maximum Gasteiger partial charge on any atom is 0.181 e. The minimum Gasteiger partial charge on any atom is -0.341 e. The molecule has 18 heavy (non-hydrogen) atoms. The van der Waals surface area contributed by atoms with Crippen molar-refractivity contribution in [3.8, 4) is 6.07 Å². The monoisotopic (exact) mass is 262 g/mol. The number of imidazole rings is 1. The van der Waals surface area contributed by atoms with Gasteiger partial charge < -0.3 is 10.3 Å². The van der Waals surface area contributed by atoms with Crippen LogP contribution in [0.1, 0.15) is 13.3 Å². The Morgan fingerprint density at radius 1 is 1.50 bits per heavy atom. The number of aromatic nitrogens is 4. The van der Waals surface area contributed by atoms with E-state index in [1.165, 1.54) is 18.1 Å². The first-order valence-electron chi connectivity index (χ1n) is 5.75. The highest BCUT2D eigenvalue weighted by atomic mass is 32.2. The molecule has 0 bridgehead atoms. The molecule has 0 spiro atoms. The van der Waals surface area contributed by atoms with E-state index >= 15 is 0 Å². The molecule has 0 radical (unpaired) electrons. The second-order valence-electron chi connectivity index (χ2n) is 3.73. The number of nitrogens with zero attached hydrogens (tertiary/aromatic N) is 4. The van der Waals surface area contributed by atoms with Gasteiger partial charge >= 0.3 is 0 Å². The molecule has 0 aliphatic rings. The molecule has 2 N–H and O–H groups in total. The van der Waals surface area contributed by atoms with Gasteiger partial charge in [0.1, 0.15) is 22.9 Å². The number of nitrogens with one attached hydrogen (secondary N) is 2. The van der Waals surface area contributed by atoms with Crippen molar-refractivity contribution in [3.05, 3.63) is 12.7 Å². The van der Waals surface area contributed by atoms with Gasteiger partial charge in [-0.05, 0) is 13.0 Å². The molecule has 2 rings (SSSR count). The van der Waals surface area contributed by atoms with Crippen LogP contribution in [0.4, 0.5) is 0 Å². The lowest BCUT2D eigenvalue weighted by atomic mass is 10.3. The van der Waals surface area contributed by atoms with Crippen molar-refractivity contribution in [3.63, 3.8) is 0 Å². The molecule has 1 atom stereocenters. The molecule has 0 saturated heterocycles. The number of hydrogen-bond acceptors (Lipinski definition) is 6. The van der Waals surface area contributed by atoms with E-state index in [1.807, 2.05) is 0 Å². The summed E-state index contributed by atoms with van der Waals surface area (Å²) in [6.07, 6.45) is 4.11. The van der Waals surface area contributed by atoms with Gasteiger partial charge in [-0.3, -0.25) is 0 Å². The zero-order valence-corrected chi connectivity index (χ0v) is 10.9. The summed E-state index contributed by atoms with van der Waals surface area (Å²) in [5.74, 6) is 0.654. The summed E-state index contributed by atoms with van der Waals surface area (Å²) in [7, 11) is 0. The van der Waals surface area contributed by atoms with Crippen molar-refractivity contribution in [2.75, 3.05) is 12.3 Å². The summed E-state index contributed by atoms with van der Waals surface area (Å²) in [6.45, 7) is 2.93. The number of aromatic amines is 1. The van der Waals surface area contributed by atoms with Crippen LogP contribution in [-0.4, -0.2) is 38.3 Å². The molecule has 2 heterocycles. The van der Waals surface area contributed by atoms with Crippen LogP contribution < -0.4 is 5.32 Å². The van der Waals surface area contributed by atoms with E-state index in [0.29, 0.717) is 11.4 Å². The fourth-order valence-corrected chi connectivity index (χ4v) is 2.41. The van der Waals surface area contributed by atoms with Crippen LogP contribution in [0.5, 0.6) is 0 Å². The molecule has 0 aliphatic carbocycles. The van der Waals surface area contributed by atoms with Gasteiger partial charge in [0.25, 0.3) is 0 Å². The Labute approximate surface area is 109 Å². The summed E-state index contributed by atoms with van der Waals surface area (Å²) >= 11 is 1.53. The minimum absolute atomic E-state index is 0.164. The predicted octanol–water partition coefficient (Wildman–Crippen LogP) is 1.34. The molecule has 0 amide bonds. The SMILES string of the molecule is CCCNC(C#N)CSc1ncnc2nc[nH]c12. The molecule has 94 valence electrons. The van der Waals surface area contributed by atoms with Gasteiger partial charge in [0, 0.05) is 5.75 Å². The molecule has 0 fully saturated rings. The van der Waals surface area contributed by atoms with Crippen LogP contribution in [0.2, 0.25) is 0 Å². The summed E-state index contributed by atoms with van der Waals surface area (Å²) in [6, 6.07) is 2.08. The van der Waals surface area contributed by atoms with Gasteiger partial charge in [-0.15, -0.1) is 11.8 Å². The second kappa shape index (κ2) is 6.33. The zero-order chi connectivity index (χ0) is 12.8. The van der Waals surface area contributed by atoms with E-state index in [-0.39, 0.29) is 6.04 Å². The molecule has 0 saturated carbocycles. The molecule has 1 unspecified atom stereocenters. The van der Waals surface area contributed by atoms with Crippen LogP contribution in [-0.2, 0) is 0 Å². The minimum atomic E-state index is -0.164. The molecule has 2 aromatic heterocycles. The van der Waals surface area contributed by atoms with E-state index < -0.39 is 0 Å². The van der Waals surface area contributed by atoms with Gasteiger partial charge in [0.05, 0.1) is 12.4 Å². The summed E-state index contributed by atoms with van der Waals surface area (Å²) in [4.78, 5) is 15.3. The smallest absolute Gasteiger partial charge is 0.181 e. The highest BCUT2D eigenvalue weighted by molar-refractivity contribution is 7.99. The molecule has 6 nitrogen and oxygen atoms in total.